The van der Waals surface area contributed by atoms with Gasteiger partial charge in [-0.2, -0.15) is 13.2 Å². The predicted molar refractivity (Wildman–Crippen MR) is 65.7 cm³/mol. The zero-order chi connectivity index (χ0) is 13.5. The molecular weight excluding hydrogens is 285 g/mol. The van der Waals surface area contributed by atoms with E-state index in [4.69, 9.17) is 23.8 Å². The number of hydrogen-bond acceptors (Lipinski definition) is 1. The van der Waals surface area contributed by atoms with Crippen LogP contribution in [0.4, 0.5) is 13.2 Å². The highest BCUT2D eigenvalue weighted by molar-refractivity contribution is 7.71. The summed E-state index contributed by atoms with van der Waals surface area (Å²) in [6.07, 6.45) is -4.47. The Morgan fingerprint density at radius 3 is 2.39 bits per heavy atom. The van der Waals surface area contributed by atoms with E-state index in [1.54, 1.807) is 24.3 Å². The van der Waals surface area contributed by atoms with Gasteiger partial charge in [0.1, 0.15) is 10.3 Å². The van der Waals surface area contributed by atoms with Gasteiger partial charge < -0.3 is 0 Å². The van der Waals surface area contributed by atoms with E-state index in [0.717, 1.165) is 4.68 Å². The number of H-pyrrole nitrogens is 1. The second-order valence-electron chi connectivity index (χ2n) is 3.70. The number of rotatable bonds is 1. The third-order valence-electron chi connectivity index (χ3n) is 2.50. The number of aromatic amines is 1. The van der Waals surface area contributed by atoms with E-state index >= 15 is 0 Å². The van der Waals surface area contributed by atoms with Crippen molar-refractivity contribution in [2.45, 2.75) is 13.1 Å². The van der Waals surface area contributed by atoms with E-state index in [9.17, 15) is 13.2 Å². The van der Waals surface area contributed by atoms with Gasteiger partial charge in [0, 0.05) is 5.56 Å². The smallest absolute Gasteiger partial charge is 0.288 e. The van der Waals surface area contributed by atoms with Gasteiger partial charge in [-0.3, -0.25) is 5.10 Å². The molecule has 0 amide bonds. The lowest BCUT2D eigenvalue weighted by Gasteiger charge is -2.06. The van der Waals surface area contributed by atoms with E-state index < -0.39 is 11.9 Å². The molecular formula is C11H8ClF3N2S. The average Bonchev–Trinajstić information content (AvgIpc) is 2.57. The molecule has 0 spiro atoms. The molecule has 0 aliphatic heterocycles. The van der Waals surface area contributed by atoms with Crippen LogP contribution in [0.2, 0.25) is 5.02 Å². The van der Waals surface area contributed by atoms with Crippen LogP contribution in [0.15, 0.2) is 24.3 Å². The summed E-state index contributed by atoms with van der Waals surface area (Å²) in [4.78, 5) is 0. The van der Waals surface area contributed by atoms with Crippen LogP contribution in [0, 0.1) is 11.6 Å². The van der Waals surface area contributed by atoms with Gasteiger partial charge in [-0.25, -0.2) is 4.68 Å². The minimum absolute atomic E-state index is 0.0163. The van der Waals surface area contributed by atoms with Crippen molar-refractivity contribution < 1.29 is 13.2 Å². The fourth-order valence-electron chi connectivity index (χ4n) is 1.60. The van der Waals surface area contributed by atoms with Gasteiger partial charge in [0.2, 0.25) is 0 Å². The normalized spacial score (nSPS) is 11.8. The van der Waals surface area contributed by atoms with E-state index in [1.807, 2.05) is 0 Å². The number of alkyl halides is 3. The molecule has 0 radical (unpaired) electrons. The maximum atomic E-state index is 12.7. The Bertz CT molecular complexity index is 642. The average molecular weight is 293 g/mol. The molecule has 0 fully saturated rings. The van der Waals surface area contributed by atoms with Crippen LogP contribution in [0.1, 0.15) is 11.3 Å². The SMILES string of the molecule is Cc1c(C(F)(F)F)[nH]n(-c2ccccc2Cl)c1=S. The molecule has 2 nitrogen and oxygen atoms in total. The molecule has 96 valence electrons. The number of hydrogen-bond donors (Lipinski definition) is 1. The Balaban J connectivity index is 2.69. The third-order valence-corrected chi connectivity index (χ3v) is 3.31. The van der Waals surface area contributed by atoms with Crippen LogP contribution in [-0.2, 0) is 6.18 Å². The van der Waals surface area contributed by atoms with Gasteiger partial charge in [0.05, 0.1) is 10.7 Å². The van der Waals surface area contributed by atoms with Gasteiger partial charge in [0.15, 0.2) is 0 Å². The lowest BCUT2D eigenvalue weighted by molar-refractivity contribution is -0.141. The fourth-order valence-corrected chi connectivity index (χ4v) is 2.07. The summed E-state index contributed by atoms with van der Waals surface area (Å²) in [5.74, 6) is 0. The Morgan fingerprint density at radius 1 is 1.28 bits per heavy atom. The number of aromatic nitrogens is 2. The Morgan fingerprint density at radius 2 is 1.89 bits per heavy atom. The molecule has 0 aliphatic rings. The minimum atomic E-state index is -4.47. The predicted octanol–water partition coefficient (Wildman–Crippen LogP) is 4.52. The molecule has 1 N–H and O–H groups in total. The second-order valence-corrected chi connectivity index (χ2v) is 4.50. The summed E-state index contributed by atoms with van der Waals surface area (Å²) in [5, 5.41) is 2.57. The van der Waals surface area contributed by atoms with Crippen LogP contribution >= 0.6 is 23.8 Å². The standard InChI is InChI=1S/C11H8ClF3N2S/c1-6-9(11(13,14)15)16-17(10(6)18)8-5-3-2-4-7(8)12/h2-5,16H,1H3. The maximum absolute atomic E-state index is 12.7. The molecule has 0 saturated heterocycles. The molecule has 0 aliphatic carbocycles. The number of benzene rings is 1. The molecule has 1 aromatic carbocycles. The topological polar surface area (TPSA) is 20.7 Å². The lowest BCUT2D eigenvalue weighted by atomic mass is 10.3. The van der Waals surface area contributed by atoms with Gasteiger partial charge >= 0.3 is 6.18 Å². The fraction of sp³-hybridized carbons (Fsp3) is 0.182. The highest BCUT2D eigenvalue weighted by Gasteiger charge is 2.35. The molecule has 18 heavy (non-hydrogen) atoms. The Kier molecular flexibility index (Phi) is 3.25. The van der Waals surface area contributed by atoms with Crippen LogP contribution < -0.4 is 0 Å². The minimum Gasteiger partial charge on any atom is -0.288 e. The molecule has 0 atom stereocenters. The van der Waals surface area contributed by atoms with Gasteiger partial charge in [0.25, 0.3) is 0 Å². The lowest BCUT2D eigenvalue weighted by Crippen LogP contribution is -2.08. The maximum Gasteiger partial charge on any atom is 0.433 e. The van der Waals surface area contributed by atoms with Crippen molar-refractivity contribution in [1.29, 1.82) is 0 Å². The van der Waals surface area contributed by atoms with Crippen LogP contribution in [-0.4, -0.2) is 9.78 Å². The summed E-state index contributed by atoms with van der Waals surface area (Å²) in [7, 11) is 0. The van der Waals surface area contributed by atoms with Crippen molar-refractivity contribution >= 4 is 23.8 Å². The molecule has 0 unspecified atom stereocenters. The number of nitrogens with one attached hydrogen (secondary N) is 1. The second kappa shape index (κ2) is 4.44. The first-order chi connectivity index (χ1) is 8.32. The summed E-state index contributed by atoms with van der Waals surface area (Å²) < 4.78 is 39.4. The van der Waals surface area contributed by atoms with Gasteiger partial charge in [-0.15, -0.1) is 0 Å². The molecule has 0 bridgehead atoms. The van der Waals surface area contributed by atoms with Crippen molar-refractivity contribution in [3.63, 3.8) is 0 Å². The van der Waals surface area contributed by atoms with Crippen molar-refractivity contribution in [2.75, 3.05) is 0 Å². The van der Waals surface area contributed by atoms with Gasteiger partial charge in [-0.1, -0.05) is 36.0 Å². The van der Waals surface area contributed by atoms with Crippen molar-refractivity contribution in [3.8, 4) is 5.69 Å². The Labute approximate surface area is 111 Å². The Hall–Kier alpha value is -1.27. The molecule has 2 aromatic rings. The quantitative estimate of drug-likeness (QED) is 0.767. The highest BCUT2D eigenvalue weighted by atomic mass is 35.5. The zero-order valence-corrected chi connectivity index (χ0v) is 10.7. The molecule has 1 aromatic heterocycles. The largest absolute Gasteiger partial charge is 0.433 e. The van der Waals surface area contributed by atoms with E-state index in [2.05, 4.69) is 5.10 Å². The van der Waals surface area contributed by atoms with Crippen molar-refractivity contribution in [1.82, 2.24) is 9.78 Å². The molecule has 7 heteroatoms. The molecule has 2 rings (SSSR count). The van der Waals surface area contributed by atoms with E-state index in [1.165, 1.54) is 6.92 Å². The third kappa shape index (κ3) is 2.18. The molecule has 1 heterocycles. The van der Waals surface area contributed by atoms with Crippen LogP contribution in [0.25, 0.3) is 5.69 Å². The number of nitrogens with zero attached hydrogens (tertiary/aromatic N) is 1. The summed E-state index contributed by atoms with van der Waals surface area (Å²) in [6, 6.07) is 6.54. The van der Waals surface area contributed by atoms with E-state index in [-0.39, 0.29) is 10.2 Å². The van der Waals surface area contributed by atoms with Crippen LogP contribution in [0.5, 0.6) is 0 Å². The number of para-hydroxylation sites is 1. The summed E-state index contributed by atoms with van der Waals surface area (Å²) in [5.41, 5.74) is -0.479. The van der Waals surface area contributed by atoms with Crippen molar-refractivity contribution in [2.24, 2.45) is 0 Å². The van der Waals surface area contributed by atoms with E-state index in [0.29, 0.717) is 10.7 Å². The van der Waals surface area contributed by atoms with Crippen molar-refractivity contribution in [3.05, 3.63) is 45.2 Å². The highest BCUT2D eigenvalue weighted by Crippen LogP contribution is 2.32. The first-order valence-corrected chi connectivity index (χ1v) is 5.74. The number of halogens is 4. The summed E-state index contributed by atoms with van der Waals surface area (Å²) >= 11 is 10.9. The first-order valence-electron chi connectivity index (χ1n) is 4.96. The zero-order valence-electron chi connectivity index (χ0n) is 9.18. The monoisotopic (exact) mass is 292 g/mol. The van der Waals surface area contributed by atoms with Crippen LogP contribution in [0.3, 0.4) is 0 Å². The first kappa shape index (κ1) is 13.2. The summed E-state index contributed by atoms with van der Waals surface area (Å²) in [6.45, 7) is 1.33. The molecule has 0 saturated carbocycles. The van der Waals surface area contributed by atoms with Gasteiger partial charge in [-0.05, 0) is 19.1 Å².